The summed E-state index contributed by atoms with van der Waals surface area (Å²) in [7, 11) is 0. The van der Waals surface area contributed by atoms with E-state index in [0.717, 1.165) is 22.4 Å². The van der Waals surface area contributed by atoms with Gasteiger partial charge < -0.3 is 10.6 Å². The number of anilines is 1. The predicted molar refractivity (Wildman–Crippen MR) is 120 cm³/mol. The van der Waals surface area contributed by atoms with Crippen molar-refractivity contribution in [1.29, 1.82) is 0 Å². The van der Waals surface area contributed by atoms with E-state index in [-0.39, 0.29) is 11.9 Å². The molecule has 0 bridgehead atoms. The van der Waals surface area contributed by atoms with Gasteiger partial charge in [-0.1, -0.05) is 18.1 Å². The first kappa shape index (κ1) is 21.6. The van der Waals surface area contributed by atoms with Crippen molar-refractivity contribution < 1.29 is 4.79 Å². The molecule has 1 amide bonds. The van der Waals surface area contributed by atoms with Crippen molar-refractivity contribution in [3.8, 4) is 23.0 Å². The summed E-state index contributed by atoms with van der Waals surface area (Å²) in [6.45, 7) is 16.6. The fraction of sp³-hybridized carbons (Fsp3) is 0.400. The van der Waals surface area contributed by atoms with E-state index in [1.807, 2.05) is 13.8 Å². The summed E-state index contributed by atoms with van der Waals surface area (Å²) in [5, 5.41) is 6.25. The molecular formula is C25H32N2O. The lowest BCUT2D eigenvalue weighted by atomic mass is 9.86. The average Bonchev–Trinajstić information content (AvgIpc) is 2.60. The predicted octanol–water partition coefficient (Wildman–Crippen LogP) is 5.28. The zero-order chi connectivity index (χ0) is 21.0. The summed E-state index contributed by atoms with van der Waals surface area (Å²) in [6.07, 6.45) is 0. The van der Waals surface area contributed by atoms with Crippen LogP contribution in [0.2, 0.25) is 0 Å². The van der Waals surface area contributed by atoms with Crippen molar-refractivity contribution in [2.45, 2.75) is 67.5 Å². The fourth-order valence-electron chi connectivity index (χ4n) is 3.42. The minimum absolute atomic E-state index is 0.0861. The molecule has 0 aromatic heterocycles. The minimum atomic E-state index is -0.235. The maximum atomic E-state index is 11.9. The van der Waals surface area contributed by atoms with Crippen LogP contribution in [-0.4, -0.2) is 18.0 Å². The molecule has 0 saturated heterocycles. The molecule has 0 unspecified atom stereocenters. The molecule has 2 rings (SSSR count). The number of hydrogen-bond acceptors (Lipinski definition) is 2. The van der Waals surface area contributed by atoms with E-state index in [4.69, 9.17) is 0 Å². The first-order chi connectivity index (χ1) is 13.1. The summed E-state index contributed by atoms with van der Waals surface area (Å²) in [5.41, 5.74) is 9.22. The topological polar surface area (TPSA) is 41.1 Å². The van der Waals surface area contributed by atoms with Crippen LogP contribution < -0.4 is 10.6 Å². The van der Waals surface area contributed by atoms with E-state index in [0.29, 0.717) is 6.04 Å². The smallest absolute Gasteiger partial charge is 0.296 e. The molecule has 0 fully saturated rings. The van der Waals surface area contributed by atoms with Gasteiger partial charge in [-0.2, -0.15) is 0 Å². The van der Waals surface area contributed by atoms with Gasteiger partial charge in [0.25, 0.3) is 5.91 Å². The third-order valence-corrected chi connectivity index (χ3v) is 4.97. The average molecular weight is 377 g/mol. The van der Waals surface area contributed by atoms with Gasteiger partial charge in [-0.25, -0.2) is 0 Å². The van der Waals surface area contributed by atoms with Gasteiger partial charge in [0, 0.05) is 29.3 Å². The van der Waals surface area contributed by atoms with Crippen LogP contribution in [0.4, 0.5) is 5.69 Å². The Morgan fingerprint density at radius 1 is 0.821 bits per heavy atom. The Balaban J connectivity index is 2.47. The monoisotopic (exact) mass is 376 g/mol. The van der Waals surface area contributed by atoms with Crippen LogP contribution in [-0.2, 0) is 4.79 Å². The molecule has 148 valence electrons. The molecule has 0 heterocycles. The lowest BCUT2D eigenvalue weighted by Gasteiger charge is -2.19. The van der Waals surface area contributed by atoms with E-state index in [1.54, 1.807) is 0 Å². The summed E-state index contributed by atoms with van der Waals surface area (Å²) >= 11 is 0. The van der Waals surface area contributed by atoms with Crippen LogP contribution in [0.25, 0.3) is 11.1 Å². The molecule has 2 aromatic carbocycles. The highest BCUT2D eigenvalue weighted by Crippen LogP contribution is 2.34. The van der Waals surface area contributed by atoms with Crippen molar-refractivity contribution in [2.75, 3.05) is 5.32 Å². The van der Waals surface area contributed by atoms with Crippen LogP contribution in [0.15, 0.2) is 24.3 Å². The fourth-order valence-corrected chi connectivity index (χ4v) is 3.42. The van der Waals surface area contributed by atoms with Gasteiger partial charge in [0.2, 0.25) is 0 Å². The minimum Gasteiger partial charge on any atom is -0.383 e. The van der Waals surface area contributed by atoms with Crippen molar-refractivity contribution >= 4 is 11.6 Å². The maximum Gasteiger partial charge on any atom is 0.296 e. The molecule has 0 spiro atoms. The number of carbonyl (C=O) groups excluding carboxylic acids is 1. The molecule has 0 saturated carbocycles. The van der Waals surface area contributed by atoms with Crippen LogP contribution in [0.1, 0.15) is 55.5 Å². The third-order valence-electron chi connectivity index (χ3n) is 4.97. The van der Waals surface area contributed by atoms with E-state index >= 15 is 0 Å². The highest BCUT2D eigenvalue weighted by Gasteiger charge is 2.15. The van der Waals surface area contributed by atoms with Crippen molar-refractivity contribution in [2.24, 2.45) is 0 Å². The first-order valence-corrected chi connectivity index (χ1v) is 9.91. The lowest BCUT2D eigenvalue weighted by Crippen LogP contribution is -2.28. The van der Waals surface area contributed by atoms with Crippen LogP contribution in [0.3, 0.4) is 0 Å². The Morgan fingerprint density at radius 3 is 1.82 bits per heavy atom. The second-order valence-corrected chi connectivity index (χ2v) is 8.00. The Morgan fingerprint density at radius 2 is 1.36 bits per heavy atom. The second-order valence-electron chi connectivity index (χ2n) is 8.00. The molecule has 0 aliphatic carbocycles. The second kappa shape index (κ2) is 8.97. The summed E-state index contributed by atoms with van der Waals surface area (Å²) in [4.78, 5) is 11.9. The summed E-state index contributed by atoms with van der Waals surface area (Å²) in [6, 6.07) is 9.08. The van der Waals surface area contributed by atoms with Gasteiger partial charge >= 0.3 is 0 Å². The van der Waals surface area contributed by atoms with Gasteiger partial charge in [0.15, 0.2) is 0 Å². The number of benzene rings is 2. The van der Waals surface area contributed by atoms with Gasteiger partial charge in [0.05, 0.1) is 0 Å². The summed E-state index contributed by atoms with van der Waals surface area (Å²) in [5.74, 6) is 5.61. The van der Waals surface area contributed by atoms with Crippen molar-refractivity contribution in [3.63, 3.8) is 0 Å². The highest BCUT2D eigenvalue weighted by molar-refractivity contribution is 5.94. The Labute approximate surface area is 169 Å². The number of hydrogen-bond donors (Lipinski definition) is 2. The zero-order valence-corrected chi connectivity index (χ0v) is 18.4. The van der Waals surface area contributed by atoms with Crippen molar-refractivity contribution in [1.82, 2.24) is 5.32 Å². The third kappa shape index (κ3) is 4.95. The largest absolute Gasteiger partial charge is 0.383 e. The maximum absolute atomic E-state index is 11.9. The van der Waals surface area contributed by atoms with E-state index in [2.05, 4.69) is 88.3 Å². The van der Waals surface area contributed by atoms with Gasteiger partial charge in [0.1, 0.15) is 0 Å². The quantitative estimate of drug-likeness (QED) is 0.713. The molecule has 0 aliphatic rings. The SMILES string of the molecule is Cc1c(C)c(-c2ccc(NC(C)C)cc2)c(C)c(C)c1C#CC(=O)NC(C)C. The molecule has 3 nitrogen and oxygen atoms in total. The standard InChI is InChI=1S/C25H32N2O/c1-15(2)26-22-11-9-21(10-12-22)25-19(7)17(5)23(18(6)20(25)8)13-14-24(28)27-16(3)4/h9-12,15-16,26H,1-8H3,(H,27,28). The van der Waals surface area contributed by atoms with E-state index < -0.39 is 0 Å². The highest BCUT2D eigenvalue weighted by atomic mass is 16.1. The molecule has 0 aliphatic heterocycles. The van der Waals surface area contributed by atoms with Crippen LogP contribution in [0, 0.1) is 39.5 Å². The van der Waals surface area contributed by atoms with Gasteiger partial charge in [-0.3, -0.25) is 4.79 Å². The number of rotatable bonds is 4. The number of nitrogens with one attached hydrogen (secondary N) is 2. The number of carbonyl (C=O) groups is 1. The molecular weight excluding hydrogens is 344 g/mol. The normalized spacial score (nSPS) is 10.6. The molecule has 0 radical (unpaired) electrons. The summed E-state index contributed by atoms with van der Waals surface area (Å²) < 4.78 is 0. The van der Waals surface area contributed by atoms with Crippen molar-refractivity contribution in [3.05, 3.63) is 52.1 Å². The molecule has 2 N–H and O–H groups in total. The van der Waals surface area contributed by atoms with Crippen LogP contribution >= 0.6 is 0 Å². The zero-order valence-electron chi connectivity index (χ0n) is 18.4. The lowest BCUT2D eigenvalue weighted by molar-refractivity contribution is -0.116. The molecule has 0 atom stereocenters. The molecule has 2 aromatic rings. The Bertz CT molecular complexity index is 897. The van der Waals surface area contributed by atoms with Gasteiger partial charge in [-0.05, 0) is 101 Å². The van der Waals surface area contributed by atoms with E-state index in [1.165, 1.54) is 22.3 Å². The first-order valence-electron chi connectivity index (χ1n) is 9.91. The van der Waals surface area contributed by atoms with Crippen LogP contribution in [0.5, 0.6) is 0 Å². The molecule has 3 heteroatoms. The Kier molecular flexibility index (Phi) is 6.91. The Hall–Kier alpha value is -2.73. The van der Waals surface area contributed by atoms with Gasteiger partial charge in [-0.15, -0.1) is 0 Å². The van der Waals surface area contributed by atoms with E-state index in [9.17, 15) is 4.79 Å². The molecule has 28 heavy (non-hydrogen) atoms. The number of amides is 1.